The van der Waals surface area contributed by atoms with Crippen LogP contribution in [0.1, 0.15) is 18.4 Å². The molecule has 2 aliphatic heterocycles. The van der Waals surface area contributed by atoms with Crippen LogP contribution in [0, 0.1) is 0 Å². The predicted octanol–water partition coefficient (Wildman–Crippen LogP) is 1.88. The first-order valence-corrected chi connectivity index (χ1v) is 11.7. The van der Waals surface area contributed by atoms with Crippen molar-refractivity contribution >= 4 is 17.8 Å². The van der Waals surface area contributed by atoms with Gasteiger partial charge in [-0.05, 0) is 30.0 Å². The Balaban J connectivity index is 1.48. The number of carbonyl (C=O) groups is 3. The molecule has 0 bridgehead atoms. The van der Waals surface area contributed by atoms with Gasteiger partial charge in [0.1, 0.15) is 11.8 Å². The predicted molar refractivity (Wildman–Crippen MR) is 127 cm³/mol. The van der Waals surface area contributed by atoms with Crippen molar-refractivity contribution in [3.63, 3.8) is 0 Å². The quantitative estimate of drug-likeness (QED) is 0.552. The molecule has 2 aromatic rings. The van der Waals surface area contributed by atoms with Crippen LogP contribution in [-0.2, 0) is 30.3 Å². The molecule has 9 nitrogen and oxygen atoms in total. The van der Waals surface area contributed by atoms with Crippen molar-refractivity contribution < 1.29 is 33.7 Å². The number of amides is 2. The third-order valence-corrected chi connectivity index (χ3v) is 6.45. The number of nitrogens with one attached hydrogen (secondary N) is 1. The Labute approximate surface area is 204 Å². The smallest absolute Gasteiger partial charge is 0.326 e. The fourth-order valence-corrected chi connectivity index (χ4v) is 4.52. The van der Waals surface area contributed by atoms with Gasteiger partial charge in [-0.25, -0.2) is 4.79 Å². The molecule has 0 aliphatic carbocycles. The number of hydrogen-bond acceptors (Lipinski definition) is 6. The average molecular weight is 483 g/mol. The first-order valence-electron chi connectivity index (χ1n) is 11.7. The molecular weight excluding hydrogens is 452 g/mol. The minimum atomic E-state index is -1.70. The molecule has 2 fully saturated rings. The van der Waals surface area contributed by atoms with E-state index in [9.17, 15) is 19.5 Å². The number of hydrogen-bond donors (Lipinski definition) is 2. The summed E-state index contributed by atoms with van der Waals surface area (Å²) in [6.45, 7) is 1.81. The number of carboxylic acid groups (broad SMARTS) is 1. The largest absolute Gasteiger partial charge is 0.496 e. The van der Waals surface area contributed by atoms with E-state index in [1.165, 1.54) is 0 Å². The highest BCUT2D eigenvalue weighted by Crippen LogP contribution is 2.31. The highest BCUT2D eigenvalue weighted by Gasteiger charge is 2.52. The molecule has 2 aliphatic rings. The highest BCUT2D eigenvalue weighted by atomic mass is 16.5. The molecule has 2 N–H and O–H groups in total. The van der Waals surface area contributed by atoms with Gasteiger partial charge in [0.05, 0.1) is 20.3 Å². The van der Waals surface area contributed by atoms with Crippen molar-refractivity contribution in [2.24, 2.45) is 0 Å². The normalized spacial score (nSPS) is 20.8. The first kappa shape index (κ1) is 24.7. The van der Waals surface area contributed by atoms with Crippen LogP contribution in [0.25, 0.3) is 11.1 Å². The maximum absolute atomic E-state index is 13.3. The number of rotatable bonds is 8. The van der Waals surface area contributed by atoms with E-state index in [1.807, 2.05) is 48.5 Å². The van der Waals surface area contributed by atoms with Gasteiger partial charge < -0.3 is 29.5 Å². The molecule has 0 saturated carbocycles. The zero-order chi connectivity index (χ0) is 24.8. The van der Waals surface area contributed by atoms with Gasteiger partial charge in [-0.15, -0.1) is 0 Å². The third kappa shape index (κ3) is 5.31. The second kappa shape index (κ2) is 10.9. The Morgan fingerprint density at radius 1 is 1.09 bits per heavy atom. The number of ether oxygens (including phenoxy) is 3. The van der Waals surface area contributed by atoms with E-state index in [0.717, 1.165) is 22.4 Å². The van der Waals surface area contributed by atoms with Crippen molar-refractivity contribution in [1.82, 2.24) is 10.2 Å². The van der Waals surface area contributed by atoms with Gasteiger partial charge in [-0.2, -0.15) is 0 Å². The number of aliphatic carboxylic acids is 1. The molecule has 2 atom stereocenters. The number of morpholine rings is 1. The lowest BCUT2D eigenvalue weighted by Crippen LogP contribution is -2.61. The summed E-state index contributed by atoms with van der Waals surface area (Å²) in [6, 6.07) is 13.8. The molecule has 0 spiro atoms. The SMILES string of the molecule is COc1ccccc1-c1ccc(C[C@H](NC(=O)[C@@]2(C(=O)N3CCOCC3)CCCO2)C(=O)O)cc1. The van der Waals surface area contributed by atoms with Gasteiger partial charge in [-0.3, -0.25) is 9.59 Å². The topological polar surface area (TPSA) is 114 Å². The molecule has 4 rings (SSSR count). The zero-order valence-corrected chi connectivity index (χ0v) is 19.7. The second-order valence-corrected chi connectivity index (χ2v) is 8.65. The van der Waals surface area contributed by atoms with Crippen molar-refractivity contribution in [2.45, 2.75) is 30.9 Å². The van der Waals surface area contributed by atoms with Crippen LogP contribution in [0.4, 0.5) is 0 Å². The molecule has 35 heavy (non-hydrogen) atoms. The fraction of sp³-hybridized carbons (Fsp3) is 0.423. The van der Waals surface area contributed by atoms with Crippen LogP contribution in [0.2, 0.25) is 0 Å². The van der Waals surface area contributed by atoms with Crippen molar-refractivity contribution in [1.29, 1.82) is 0 Å². The van der Waals surface area contributed by atoms with Crippen LogP contribution in [0.3, 0.4) is 0 Å². The first-order chi connectivity index (χ1) is 16.9. The van der Waals surface area contributed by atoms with Crippen LogP contribution in [-0.4, -0.2) is 79.5 Å². The Morgan fingerprint density at radius 3 is 2.43 bits per heavy atom. The lowest BCUT2D eigenvalue weighted by Gasteiger charge is -2.35. The van der Waals surface area contributed by atoms with Gasteiger partial charge in [0, 0.05) is 31.7 Å². The molecule has 186 valence electrons. The van der Waals surface area contributed by atoms with Gasteiger partial charge in [0.15, 0.2) is 0 Å². The van der Waals surface area contributed by atoms with Crippen LogP contribution >= 0.6 is 0 Å². The molecule has 0 aromatic heterocycles. The Hall–Kier alpha value is -3.43. The molecular formula is C26H30N2O7. The Morgan fingerprint density at radius 2 is 1.80 bits per heavy atom. The number of benzene rings is 2. The monoisotopic (exact) mass is 482 g/mol. The number of carboxylic acids is 1. The van der Waals surface area contributed by atoms with Crippen molar-refractivity contribution in [3.8, 4) is 16.9 Å². The van der Waals surface area contributed by atoms with E-state index in [4.69, 9.17) is 14.2 Å². The van der Waals surface area contributed by atoms with E-state index < -0.39 is 29.4 Å². The summed E-state index contributed by atoms with van der Waals surface area (Å²) in [5.74, 6) is -1.58. The van der Waals surface area contributed by atoms with Crippen molar-refractivity contribution in [2.75, 3.05) is 40.0 Å². The van der Waals surface area contributed by atoms with Gasteiger partial charge in [0.2, 0.25) is 5.60 Å². The van der Waals surface area contributed by atoms with Crippen LogP contribution in [0.15, 0.2) is 48.5 Å². The van der Waals surface area contributed by atoms with E-state index >= 15 is 0 Å². The third-order valence-electron chi connectivity index (χ3n) is 6.45. The minimum Gasteiger partial charge on any atom is -0.496 e. The maximum Gasteiger partial charge on any atom is 0.326 e. The maximum atomic E-state index is 13.3. The molecule has 2 amide bonds. The van der Waals surface area contributed by atoms with Gasteiger partial charge in [-0.1, -0.05) is 42.5 Å². The molecule has 0 radical (unpaired) electrons. The molecule has 2 aromatic carbocycles. The molecule has 2 saturated heterocycles. The molecule has 0 unspecified atom stereocenters. The van der Waals surface area contributed by atoms with E-state index in [0.29, 0.717) is 32.7 Å². The second-order valence-electron chi connectivity index (χ2n) is 8.65. The number of carbonyl (C=O) groups excluding carboxylic acids is 2. The number of methoxy groups -OCH3 is 1. The van der Waals surface area contributed by atoms with Gasteiger partial charge in [0.25, 0.3) is 11.8 Å². The van der Waals surface area contributed by atoms with Crippen LogP contribution in [0.5, 0.6) is 5.75 Å². The molecule has 2 heterocycles. The summed E-state index contributed by atoms with van der Waals surface area (Å²) in [5, 5.41) is 12.4. The lowest BCUT2D eigenvalue weighted by atomic mass is 9.95. The Bertz CT molecular complexity index is 1060. The highest BCUT2D eigenvalue weighted by molar-refractivity contribution is 6.09. The number of nitrogens with zero attached hydrogens (tertiary/aromatic N) is 1. The molecule has 9 heteroatoms. The summed E-state index contributed by atoms with van der Waals surface area (Å²) < 4.78 is 16.4. The summed E-state index contributed by atoms with van der Waals surface area (Å²) >= 11 is 0. The summed E-state index contributed by atoms with van der Waals surface area (Å²) in [7, 11) is 1.61. The number of para-hydroxylation sites is 1. The van der Waals surface area contributed by atoms with Crippen molar-refractivity contribution in [3.05, 3.63) is 54.1 Å². The zero-order valence-electron chi connectivity index (χ0n) is 19.7. The van der Waals surface area contributed by atoms with E-state index in [1.54, 1.807) is 12.0 Å². The fourth-order valence-electron chi connectivity index (χ4n) is 4.52. The summed E-state index contributed by atoms with van der Waals surface area (Å²) in [6.07, 6.45) is 0.829. The summed E-state index contributed by atoms with van der Waals surface area (Å²) in [4.78, 5) is 40.1. The van der Waals surface area contributed by atoms with E-state index in [-0.39, 0.29) is 19.4 Å². The average Bonchev–Trinajstić information content (AvgIpc) is 3.40. The lowest BCUT2D eigenvalue weighted by molar-refractivity contribution is -0.166. The summed E-state index contributed by atoms with van der Waals surface area (Å²) in [5.41, 5.74) is 0.888. The Kier molecular flexibility index (Phi) is 7.67. The standard InChI is InChI=1S/C26H30N2O7/c1-33-22-6-3-2-5-20(22)19-9-7-18(8-10-19)17-21(23(29)30)27-24(31)26(11-4-14-35-26)25(32)28-12-15-34-16-13-28/h2-3,5-10,21H,4,11-17H2,1H3,(H,27,31)(H,29,30)/t21-,26+/m0/s1. The minimum absolute atomic E-state index is 0.0646. The van der Waals surface area contributed by atoms with E-state index in [2.05, 4.69) is 5.32 Å². The van der Waals surface area contributed by atoms with Gasteiger partial charge >= 0.3 is 5.97 Å². The van der Waals surface area contributed by atoms with Crippen LogP contribution < -0.4 is 10.1 Å².